The van der Waals surface area contributed by atoms with Crippen LogP contribution in [0.5, 0.6) is 11.5 Å². The zero-order chi connectivity index (χ0) is 32.1. The van der Waals surface area contributed by atoms with Gasteiger partial charge in [-0.3, -0.25) is 9.59 Å². The average Bonchev–Trinajstić information content (AvgIpc) is 2.96. The Balaban J connectivity index is 1.52. The first-order valence-corrected chi connectivity index (χ1v) is 18.1. The van der Waals surface area contributed by atoms with Crippen molar-refractivity contribution >= 4 is 43.4 Å². The van der Waals surface area contributed by atoms with Crippen molar-refractivity contribution in [2.24, 2.45) is 10.8 Å². The average molecular weight is 740 g/mol. The minimum absolute atomic E-state index is 0.139. The van der Waals surface area contributed by atoms with E-state index in [1.807, 2.05) is 43.3 Å². The predicted octanol–water partition coefficient (Wildman–Crippen LogP) is 10.2. The van der Waals surface area contributed by atoms with Gasteiger partial charge in [-0.1, -0.05) is 81.1 Å². The number of ketones is 2. The lowest BCUT2D eigenvalue weighted by Gasteiger charge is -2.52. The van der Waals surface area contributed by atoms with Crippen molar-refractivity contribution in [2.75, 3.05) is 6.61 Å². The van der Waals surface area contributed by atoms with Gasteiger partial charge in [0, 0.05) is 57.4 Å². The van der Waals surface area contributed by atoms with Gasteiger partial charge in [0.25, 0.3) is 0 Å². The third-order valence-corrected chi connectivity index (χ3v) is 11.2. The summed E-state index contributed by atoms with van der Waals surface area (Å²) in [6.45, 7) is 11.6. The molecule has 1 aliphatic heterocycles. The molecule has 0 bridgehead atoms. The van der Waals surface area contributed by atoms with Crippen LogP contribution in [-0.2, 0) is 16.2 Å². The van der Waals surface area contributed by atoms with Crippen molar-refractivity contribution < 1.29 is 19.1 Å². The zero-order valence-corrected chi connectivity index (χ0v) is 30.4. The van der Waals surface area contributed by atoms with E-state index in [0.29, 0.717) is 43.6 Å². The summed E-state index contributed by atoms with van der Waals surface area (Å²) >= 11 is 7.44. The highest BCUT2D eigenvalue weighted by Crippen LogP contribution is 2.56. The van der Waals surface area contributed by atoms with Crippen LogP contribution in [0, 0.1) is 10.8 Å². The lowest BCUT2D eigenvalue weighted by molar-refractivity contribution is -0.119. The zero-order valence-electron chi connectivity index (χ0n) is 27.2. The topological polar surface area (TPSA) is 55.8 Å². The van der Waals surface area contributed by atoms with Crippen molar-refractivity contribution in [2.45, 2.75) is 111 Å². The maximum Gasteiger partial charge on any atom is 0.175 e. The van der Waals surface area contributed by atoms with Crippen LogP contribution in [-0.4, -0.2) is 29.1 Å². The first kappa shape index (κ1) is 32.6. The van der Waals surface area contributed by atoms with E-state index in [2.05, 4.69) is 64.5 Å². The minimum atomic E-state index is -0.421. The number of hydrogen-bond acceptors (Lipinski definition) is 5. The molecule has 2 aromatic rings. The maximum atomic E-state index is 14.3. The first-order chi connectivity index (χ1) is 21.4. The molecule has 0 amide bonds. The van der Waals surface area contributed by atoms with Crippen LogP contribution in [0.1, 0.15) is 109 Å². The largest absolute Gasteiger partial charge is 0.490 e. The van der Waals surface area contributed by atoms with Crippen LogP contribution < -0.4 is 9.47 Å². The second kappa shape index (κ2) is 12.7. The second-order valence-corrected chi connectivity index (χ2v) is 16.5. The maximum absolute atomic E-state index is 14.3. The Labute approximate surface area is 285 Å². The van der Waals surface area contributed by atoms with Gasteiger partial charge in [-0.05, 0) is 83.1 Å². The molecule has 45 heavy (non-hydrogen) atoms. The number of benzene rings is 2. The molecular formula is C38H45Br2NO4. The number of halogens is 2. The lowest BCUT2D eigenvalue weighted by atomic mass is 9.63. The number of carbonyl (C=O) groups excluding carboxylic acids is 2. The standard InChI is InChI=1S/C38H45Br2NO4/c1-6-44-32-17-24(16-27(40)36(32)45-22-23-12-10-11-15-26(23)39)33-34-28(18-37(2,3)20-30(34)42)41(25-13-8-7-9-14-25)29-19-38(4,5)21-31(43)35(29)33/h10-12,15-17,25,33H,6-9,13-14,18-22H2,1-5H3. The molecule has 0 atom stereocenters. The van der Waals surface area contributed by atoms with Crippen molar-refractivity contribution in [1.82, 2.24) is 4.90 Å². The number of nitrogens with zero attached hydrogens (tertiary/aromatic N) is 1. The van der Waals surface area contributed by atoms with Gasteiger partial charge in [0.15, 0.2) is 23.1 Å². The Morgan fingerprint density at radius 1 is 0.800 bits per heavy atom. The van der Waals surface area contributed by atoms with Crippen molar-refractivity contribution in [3.8, 4) is 11.5 Å². The van der Waals surface area contributed by atoms with Crippen LogP contribution >= 0.6 is 31.9 Å². The van der Waals surface area contributed by atoms with Crippen molar-refractivity contribution in [3.05, 3.63) is 79.0 Å². The van der Waals surface area contributed by atoms with Crippen LogP contribution in [0.3, 0.4) is 0 Å². The van der Waals surface area contributed by atoms with Crippen molar-refractivity contribution in [3.63, 3.8) is 0 Å². The van der Waals surface area contributed by atoms with Crippen LogP contribution in [0.2, 0.25) is 0 Å². The van der Waals surface area contributed by atoms with E-state index in [1.165, 1.54) is 19.3 Å². The number of allylic oxidation sites excluding steroid dienone is 4. The molecular weight excluding hydrogens is 694 g/mol. The molecule has 0 spiro atoms. The molecule has 240 valence electrons. The van der Waals surface area contributed by atoms with Crippen LogP contribution in [0.4, 0.5) is 0 Å². The molecule has 3 aliphatic carbocycles. The van der Waals surface area contributed by atoms with Gasteiger partial charge in [0.05, 0.1) is 11.1 Å². The summed E-state index contributed by atoms with van der Waals surface area (Å²) in [5.41, 5.74) is 5.61. The number of rotatable bonds is 7. The Kier molecular flexibility index (Phi) is 9.17. The van der Waals surface area contributed by atoms with Gasteiger partial charge < -0.3 is 14.4 Å². The highest BCUT2D eigenvalue weighted by atomic mass is 79.9. The fraction of sp³-hybridized carbons (Fsp3) is 0.526. The van der Waals surface area contributed by atoms with Crippen LogP contribution in [0.15, 0.2) is 67.9 Å². The molecule has 2 aromatic carbocycles. The molecule has 0 unspecified atom stereocenters. The molecule has 0 aromatic heterocycles. The van der Waals surface area contributed by atoms with Gasteiger partial charge in [0.2, 0.25) is 0 Å². The molecule has 0 radical (unpaired) electrons. The van der Waals surface area contributed by atoms with E-state index < -0.39 is 5.92 Å². The molecule has 4 aliphatic rings. The first-order valence-electron chi connectivity index (χ1n) is 16.5. The van der Waals surface area contributed by atoms with E-state index >= 15 is 0 Å². The lowest BCUT2D eigenvalue weighted by Crippen LogP contribution is -2.48. The van der Waals surface area contributed by atoms with Gasteiger partial charge >= 0.3 is 0 Å². The predicted molar refractivity (Wildman–Crippen MR) is 185 cm³/mol. The quantitative estimate of drug-likeness (QED) is 0.283. The highest BCUT2D eigenvalue weighted by molar-refractivity contribution is 9.10. The summed E-state index contributed by atoms with van der Waals surface area (Å²) in [4.78, 5) is 31.2. The number of ether oxygens (including phenoxy) is 2. The SMILES string of the molecule is CCOc1cc(C2C3=C(CC(C)(C)CC3=O)N(C3CCCCC3)C3=C2C(=O)CC(C)(C)C3)cc(Br)c1OCc1ccccc1Br. The normalized spacial score (nSPS) is 22.0. The molecule has 6 rings (SSSR count). The number of hydrogen-bond donors (Lipinski definition) is 0. The van der Waals surface area contributed by atoms with E-state index in [1.54, 1.807) is 0 Å². The molecule has 5 nitrogen and oxygen atoms in total. The Bertz CT molecular complexity index is 1530. The molecule has 7 heteroatoms. The fourth-order valence-electron chi connectivity index (χ4n) is 8.03. The van der Waals surface area contributed by atoms with E-state index in [4.69, 9.17) is 9.47 Å². The smallest absolute Gasteiger partial charge is 0.175 e. The van der Waals surface area contributed by atoms with Gasteiger partial charge in [-0.15, -0.1) is 0 Å². The molecule has 0 N–H and O–H groups in total. The van der Waals surface area contributed by atoms with Gasteiger partial charge in [-0.25, -0.2) is 0 Å². The van der Waals surface area contributed by atoms with Crippen molar-refractivity contribution in [1.29, 1.82) is 0 Å². The number of carbonyl (C=O) groups is 2. The monoisotopic (exact) mass is 737 g/mol. The Morgan fingerprint density at radius 2 is 1.40 bits per heavy atom. The molecule has 1 saturated carbocycles. The Morgan fingerprint density at radius 3 is 1.98 bits per heavy atom. The summed E-state index contributed by atoms with van der Waals surface area (Å²) < 4.78 is 14.3. The summed E-state index contributed by atoms with van der Waals surface area (Å²) in [6, 6.07) is 12.4. The Hall–Kier alpha value is -2.38. The third-order valence-electron chi connectivity index (χ3n) is 9.89. The molecule has 0 saturated heterocycles. The fourth-order valence-corrected chi connectivity index (χ4v) is 9.01. The van der Waals surface area contributed by atoms with E-state index in [-0.39, 0.29) is 22.4 Å². The van der Waals surface area contributed by atoms with Gasteiger partial charge in [-0.2, -0.15) is 0 Å². The summed E-state index contributed by atoms with van der Waals surface area (Å²) in [7, 11) is 0. The minimum Gasteiger partial charge on any atom is -0.490 e. The van der Waals surface area contributed by atoms with Gasteiger partial charge in [0.1, 0.15) is 6.61 Å². The van der Waals surface area contributed by atoms with E-state index in [0.717, 1.165) is 68.3 Å². The highest BCUT2D eigenvalue weighted by Gasteiger charge is 2.50. The van der Waals surface area contributed by atoms with Crippen LogP contribution in [0.25, 0.3) is 0 Å². The second-order valence-electron chi connectivity index (χ2n) is 14.8. The molecule has 1 heterocycles. The van der Waals surface area contributed by atoms with E-state index in [9.17, 15) is 9.59 Å². The summed E-state index contributed by atoms with van der Waals surface area (Å²) in [5, 5.41) is 0. The number of Topliss-reactive ketones (excluding diaryl/α,β-unsaturated/α-hetero) is 2. The third kappa shape index (κ3) is 6.45. The molecule has 1 fully saturated rings. The summed E-state index contributed by atoms with van der Waals surface area (Å²) in [5.74, 6) is 1.14. The summed E-state index contributed by atoms with van der Waals surface area (Å²) in [6.07, 6.45) is 8.47.